The fourth-order valence-electron chi connectivity index (χ4n) is 0.962. The lowest BCUT2D eigenvalue weighted by molar-refractivity contribution is -0.387. The van der Waals surface area contributed by atoms with Gasteiger partial charge in [-0.3, -0.25) is 10.1 Å². The second kappa shape index (κ2) is 4.97. The summed E-state index contributed by atoms with van der Waals surface area (Å²) in [6.07, 6.45) is 0. The quantitative estimate of drug-likeness (QED) is 0.472. The first kappa shape index (κ1) is 11.0. The fourth-order valence-corrected chi connectivity index (χ4v) is 1.89. The van der Waals surface area contributed by atoms with Gasteiger partial charge in [0.1, 0.15) is 0 Å². The maximum Gasteiger partial charge on any atom is 0.282 e. The van der Waals surface area contributed by atoms with Crippen molar-refractivity contribution in [3.05, 3.63) is 34.4 Å². The highest BCUT2D eigenvalue weighted by Crippen LogP contribution is 2.31. The molecule has 76 valence electrons. The van der Waals surface area contributed by atoms with Crippen LogP contribution in [0.5, 0.6) is 0 Å². The molecule has 0 unspecified atom stereocenters. The Morgan fingerprint density at radius 3 is 2.79 bits per heavy atom. The molecule has 0 aliphatic rings. The van der Waals surface area contributed by atoms with Crippen molar-refractivity contribution in [1.82, 2.24) is 0 Å². The van der Waals surface area contributed by atoms with Crippen molar-refractivity contribution in [2.75, 3.05) is 6.61 Å². The molecule has 1 atom stereocenters. The number of hydrogen-bond acceptors (Lipinski definition) is 4. The van der Waals surface area contributed by atoms with Crippen LogP contribution in [-0.4, -0.2) is 21.9 Å². The topological polar surface area (TPSA) is 63.4 Å². The third kappa shape index (κ3) is 2.71. The number of nitro groups is 1. The van der Waals surface area contributed by atoms with Crippen LogP contribution in [0.2, 0.25) is 0 Å². The van der Waals surface area contributed by atoms with Gasteiger partial charge in [0.25, 0.3) is 5.69 Å². The van der Waals surface area contributed by atoms with E-state index in [1.54, 1.807) is 18.2 Å². The molecule has 0 fully saturated rings. The minimum Gasteiger partial charge on any atom is -0.395 e. The first-order valence-corrected chi connectivity index (χ1v) is 5.04. The summed E-state index contributed by atoms with van der Waals surface area (Å²) in [6, 6.07) is 6.53. The van der Waals surface area contributed by atoms with Crippen LogP contribution >= 0.6 is 11.8 Å². The third-order valence-electron chi connectivity index (χ3n) is 1.65. The Balaban J connectivity index is 2.90. The van der Waals surface area contributed by atoms with Crippen LogP contribution in [0.25, 0.3) is 0 Å². The van der Waals surface area contributed by atoms with Crippen LogP contribution in [0.3, 0.4) is 0 Å². The minimum absolute atomic E-state index is 0.0106. The van der Waals surface area contributed by atoms with Gasteiger partial charge in [-0.25, -0.2) is 0 Å². The number of thioether (sulfide) groups is 1. The van der Waals surface area contributed by atoms with Gasteiger partial charge in [-0.2, -0.15) is 0 Å². The van der Waals surface area contributed by atoms with Gasteiger partial charge in [0.2, 0.25) is 0 Å². The van der Waals surface area contributed by atoms with Gasteiger partial charge in [0.05, 0.1) is 16.4 Å². The van der Waals surface area contributed by atoms with E-state index in [0.717, 1.165) is 0 Å². The highest BCUT2D eigenvalue weighted by atomic mass is 32.2. The summed E-state index contributed by atoms with van der Waals surface area (Å²) in [7, 11) is 0. The Bertz CT molecular complexity index is 330. The number of nitro benzene ring substituents is 1. The largest absolute Gasteiger partial charge is 0.395 e. The van der Waals surface area contributed by atoms with E-state index in [1.165, 1.54) is 17.8 Å². The SMILES string of the molecule is C[C@H](CO)Sc1ccccc1[N+](=O)[O-]. The molecule has 0 heterocycles. The second-order valence-electron chi connectivity index (χ2n) is 2.84. The lowest BCUT2D eigenvalue weighted by Gasteiger charge is -2.07. The Kier molecular flexibility index (Phi) is 3.91. The summed E-state index contributed by atoms with van der Waals surface area (Å²) >= 11 is 1.31. The van der Waals surface area contributed by atoms with E-state index in [0.29, 0.717) is 4.90 Å². The highest BCUT2D eigenvalue weighted by molar-refractivity contribution is 8.00. The van der Waals surface area contributed by atoms with Crippen molar-refractivity contribution in [2.24, 2.45) is 0 Å². The highest BCUT2D eigenvalue weighted by Gasteiger charge is 2.14. The fraction of sp³-hybridized carbons (Fsp3) is 0.333. The second-order valence-corrected chi connectivity index (χ2v) is 4.32. The molecule has 1 rings (SSSR count). The number of para-hydroxylation sites is 1. The van der Waals surface area contributed by atoms with Crippen LogP contribution < -0.4 is 0 Å². The predicted molar refractivity (Wildman–Crippen MR) is 55.5 cm³/mol. The first-order chi connectivity index (χ1) is 6.65. The van der Waals surface area contributed by atoms with E-state index >= 15 is 0 Å². The van der Waals surface area contributed by atoms with Crippen molar-refractivity contribution in [1.29, 1.82) is 0 Å². The molecule has 14 heavy (non-hydrogen) atoms. The molecule has 0 radical (unpaired) electrons. The van der Waals surface area contributed by atoms with Crippen LogP contribution in [-0.2, 0) is 0 Å². The summed E-state index contributed by atoms with van der Waals surface area (Å²) in [4.78, 5) is 10.8. The van der Waals surface area contributed by atoms with Crippen LogP contribution in [0.1, 0.15) is 6.92 Å². The van der Waals surface area contributed by atoms with Crippen LogP contribution in [0.15, 0.2) is 29.2 Å². The molecular weight excluding hydrogens is 202 g/mol. The van der Waals surface area contributed by atoms with Crippen molar-refractivity contribution in [3.8, 4) is 0 Å². The Labute approximate surface area is 86.1 Å². The Hall–Kier alpha value is -1.07. The van der Waals surface area contributed by atoms with Gasteiger partial charge < -0.3 is 5.11 Å². The van der Waals surface area contributed by atoms with E-state index in [9.17, 15) is 10.1 Å². The van der Waals surface area contributed by atoms with Crippen molar-refractivity contribution >= 4 is 17.4 Å². The average Bonchev–Trinajstić information content (AvgIpc) is 2.18. The number of hydrogen-bond donors (Lipinski definition) is 1. The molecule has 1 aromatic rings. The van der Waals surface area contributed by atoms with Gasteiger partial charge in [-0.15, -0.1) is 11.8 Å². The molecule has 1 N–H and O–H groups in total. The van der Waals surface area contributed by atoms with Gasteiger partial charge in [-0.05, 0) is 6.07 Å². The maximum absolute atomic E-state index is 10.6. The lowest BCUT2D eigenvalue weighted by atomic mass is 10.3. The monoisotopic (exact) mass is 213 g/mol. The summed E-state index contributed by atoms with van der Waals surface area (Å²) in [5, 5.41) is 19.4. The van der Waals surface area contributed by atoms with Crippen LogP contribution in [0.4, 0.5) is 5.69 Å². The van der Waals surface area contributed by atoms with E-state index in [1.807, 2.05) is 6.92 Å². The predicted octanol–water partition coefficient (Wildman–Crippen LogP) is 2.07. The summed E-state index contributed by atoms with van der Waals surface area (Å²) in [5.74, 6) is 0. The number of rotatable bonds is 4. The number of aliphatic hydroxyl groups is 1. The molecule has 0 aliphatic heterocycles. The van der Waals surface area contributed by atoms with Crippen LogP contribution in [0, 0.1) is 10.1 Å². The molecule has 0 aliphatic carbocycles. The molecular formula is C9H11NO3S. The zero-order chi connectivity index (χ0) is 10.6. The van der Waals surface area contributed by atoms with Crippen molar-refractivity contribution < 1.29 is 10.0 Å². The number of benzene rings is 1. The van der Waals surface area contributed by atoms with E-state index in [4.69, 9.17) is 5.11 Å². The average molecular weight is 213 g/mol. The molecule has 0 aromatic heterocycles. The summed E-state index contributed by atoms with van der Waals surface area (Å²) in [5.41, 5.74) is 0.0952. The molecule has 4 nitrogen and oxygen atoms in total. The zero-order valence-electron chi connectivity index (χ0n) is 7.71. The normalized spacial score (nSPS) is 12.4. The number of nitrogens with zero attached hydrogens (tertiary/aromatic N) is 1. The minimum atomic E-state index is -0.410. The van der Waals surface area contributed by atoms with Crippen molar-refractivity contribution in [2.45, 2.75) is 17.1 Å². The first-order valence-electron chi connectivity index (χ1n) is 4.16. The molecule has 0 amide bonds. The molecule has 0 saturated carbocycles. The molecule has 0 spiro atoms. The molecule has 0 saturated heterocycles. The molecule has 0 bridgehead atoms. The Morgan fingerprint density at radius 2 is 2.21 bits per heavy atom. The van der Waals surface area contributed by atoms with Gasteiger partial charge in [0.15, 0.2) is 0 Å². The number of aliphatic hydroxyl groups excluding tert-OH is 1. The van der Waals surface area contributed by atoms with E-state index in [-0.39, 0.29) is 17.5 Å². The summed E-state index contributed by atoms with van der Waals surface area (Å²) < 4.78 is 0. The lowest BCUT2D eigenvalue weighted by Crippen LogP contribution is -2.02. The van der Waals surface area contributed by atoms with Crippen molar-refractivity contribution in [3.63, 3.8) is 0 Å². The van der Waals surface area contributed by atoms with Gasteiger partial charge >= 0.3 is 0 Å². The third-order valence-corrected chi connectivity index (χ3v) is 2.80. The smallest absolute Gasteiger partial charge is 0.282 e. The maximum atomic E-state index is 10.6. The summed E-state index contributed by atoms with van der Waals surface area (Å²) in [6.45, 7) is 1.83. The van der Waals surface area contributed by atoms with Gasteiger partial charge in [-0.1, -0.05) is 19.1 Å². The standard InChI is InChI=1S/C9H11NO3S/c1-7(6-11)14-9-5-3-2-4-8(9)10(12)13/h2-5,7,11H,6H2,1H3/t7-/m1/s1. The van der Waals surface area contributed by atoms with E-state index in [2.05, 4.69) is 0 Å². The molecule has 1 aromatic carbocycles. The molecule has 5 heteroatoms. The Morgan fingerprint density at radius 1 is 1.57 bits per heavy atom. The van der Waals surface area contributed by atoms with E-state index < -0.39 is 4.92 Å². The zero-order valence-corrected chi connectivity index (χ0v) is 8.53. The van der Waals surface area contributed by atoms with Gasteiger partial charge in [0, 0.05) is 11.3 Å².